The Morgan fingerprint density at radius 3 is 2.58 bits per heavy atom. The number of nitrogens with one attached hydrogen (secondary N) is 1. The Balaban J connectivity index is 1.41. The average Bonchev–Trinajstić information content (AvgIpc) is 3.34. The fraction of sp³-hybridized carbons (Fsp3) is 0.348. The lowest BCUT2D eigenvalue weighted by molar-refractivity contribution is -0.126. The fourth-order valence-corrected chi connectivity index (χ4v) is 4.19. The van der Waals surface area contributed by atoms with Gasteiger partial charge in [0.05, 0.1) is 5.92 Å². The lowest BCUT2D eigenvalue weighted by Gasteiger charge is -2.20. The highest BCUT2D eigenvalue weighted by atomic mass is 19.1. The summed E-state index contributed by atoms with van der Waals surface area (Å²) >= 11 is 0. The van der Waals surface area contributed by atoms with Gasteiger partial charge in [-0.05, 0) is 47.9 Å². The summed E-state index contributed by atoms with van der Waals surface area (Å²) in [6, 6.07) is 8.65. The largest absolute Gasteiger partial charge is 0.352 e. The molecule has 31 heavy (non-hydrogen) atoms. The van der Waals surface area contributed by atoms with Crippen LogP contribution in [-0.2, 0) is 27.3 Å². The van der Waals surface area contributed by atoms with E-state index in [9.17, 15) is 23.2 Å². The van der Waals surface area contributed by atoms with Crippen LogP contribution in [0.2, 0.25) is 0 Å². The highest BCUT2D eigenvalue weighted by Crippen LogP contribution is 2.34. The number of benzene rings is 2. The van der Waals surface area contributed by atoms with Gasteiger partial charge in [-0.25, -0.2) is 8.78 Å². The number of hydrogen-bond donors (Lipinski definition) is 1. The normalized spacial score (nSPS) is 17.8. The summed E-state index contributed by atoms with van der Waals surface area (Å²) in [5.74, 6) is -2.38. The van der Waals surface area contributed by atoms with E-state index in [2.05, 4.69) is 5.32 Å². The molecule has 1 unspecified atom stereocenters. The number of hydrogen-bond acceptors (Lipinski definition) is 3. The molecular weight excluding hydrogens is 404 g/mol. The first kappa shape index (κ1) is 21.0. The molecule has 3 amide bonds. The predicted octanol–water partition coefficient (Wildman–Crippen LogP) is 2.93. The van der Waals surface area contributed by atoms with Gasteiger partial charge in [0, 0.05) is 49.9 Å². The third kappa shape index (κ3) is 4.28. The molecule has 2 aromatic carbocycles. The summed E-state index contributed by atoms with van der Waals surface area (Å²) in [5, 5.41) is 2.66. The molecule has 0 aromatic heterocycles. The lowest BCUT2D eigenvalue weighted by atomic mass is 10.1. The van der Waals surface area contributed by atoms with E-state index < -0.39 is 17.6 Å². The standard InChI is InChI=1S/C23H23F2N3O3/c1-2-21(29)27-6-5-15-9-19(3-4-20(15)27)28-13-16(10-22(28)30)23(31)26-12-14-7-17(24)11-18(25)8-14/h3-4,7-9,11,16H,2,5-6,10,12-13H2,1H3,(H,26,31). The van der Waals surface area contributed by atoms with Crippen molar-refractivity contribution in [1.29, 1.82) is 0 Å². The molecule has 1 fully saturated rings. The molecule has 6 nitrogen and oxygen atoms in total. The summed E-state index contributed by atoms with van der Waals surface area (Å²) in [4.78, 5) is 40.5. The van der Waals surface area contributed by atoms with Crippen molar-refractivity contribution in [3.05, 3.63) is 59.2 Å². The Bertz CT molecular complexity index is 1040. The minimum absolute atomic E-state index is 0.0155. The van der Waals surface area contributed by atoms with Crippen molar-refractivity contribution in [3.63, 3.8) is 0 Å². The van der Waals surface area contributed by atoms with Gasteiger partial charge >= 0.3 is 0 Å². The van der Waals surface area contributed by atoms with Crippen LogP contribution >= 0.6 is 0 Å². The molecule has 0 saturated carbocycles. The zero-order valence-corrected chi connectivity index (χ0v) is 17.2. The number of anilines is 2. The van der Waals surface area contributed by atoms with Crippen LogP contribution in [0.5, 0.6) is 0 Å². The summed E-state index contributed by atoms with van der Waals surface area (Å²) in [5.41, 5.74) is 2.90. The van der Waals surface area contributed by atoms with Gasteiger partial charge in [-0.1, -0.05) is 6.92 Å². The maximum absolute atomic E-state index is 13.3. The lowest BCUT2D eigenvalue weighted by Crippen LogP contribution is -2.32. The average molecular weight is 427 g/mol. The van der Waals surface area contributed by atoms with Crippen LogP contribution in [0.25, 0.3) is 0 Å². The maximum atomic E-state index is 13.3. The molecule has 2 heterocycles. The first-order chi connectivity index (χ1) is 14.9. The number of carbonyl (C=O) groups is 3. The Morgan fingerprint density at radius 1 is 1.13 bits per heavy atom. The van der Waals surface area contributed by atoms with Crippen molar-refractivity contribution in [2.75, 3.05) is 22.9 Å². The predicted molar refractivity (Wildman–Crippen MR) is 111 cm³/mol. The molecular formula is C23H23F2N3O3. The Kier molecular flexibility index (Phi) is 5.71. The highest BCUT2D eigenvalue weighted by Gasteiger charge is 2.35. The van der Waals surface area contributed by atoms with Gasteiger partial charge < -0.3 is 15.1 Å². The van der Waals surface area contributed by atoms with Crippen molar-refractivity contribution in [2.24, 2.45) is 5.92 Å². The first-order valence-electron chi connectivity index (χ1n) is 10.3. The van der Waals surface area contributed by atoms with Gasteiger partial charge in [0.1, 0.15) is 11.6 Å². The monoisotopic (exact) mass is 427 g/mol. The van der Waals surface area contributed by atoms with Crippen LogP contribution < -0.4 is 15.1 Å². The number of rotatable bonds is 5. The maximum Gasteiger partial charge on any atom is 0.227 e. The highest BCUT2D eigenvalue weighted by molar-refractivity contribution is 6.01. The SMILES string of the molecule is CCC(=O)N1CCc2cc(N3CC(C(=O)NCc4cc(F)cc(F)c4)CC3=O)ccc21. The van der Waals surface area contributed by atoms with Crippen LogP contribution in [0.1, 0.15) is 30.9 Å². The van der Waals surface area contributed by atoms with Gasteiger partial charge in [-0.15, -0.1) is 0 Å². The molecule has 2 aliphatic rings. The van der Waals surface area contributed by atoms with Gasteiger partial charge in [0.15, 0.2) is 0 Å². The smallest absolute Gasteiger partial charge is 0.227 e. The number of fused-ring (bicyclic) bond motifs is 1. The van der Waals surface area contributed by atoms with Gasteiger partial charge in [-0.2, -0.15) is 0 Å². The number of halogens is 2. The summed E-state index contributed by atoms with van der Waals surface area (Å²) in [6.45, 7) is 2.68. The molecule has 2 aliphatic heterocycles. The third-order valence-corrected chi connectivity index (χ3v) is 5.76. The Labute approximate surface area is 178 Å². The minimum atomic E-state index is -0.706. The van der Waals surface area contributed by atoms with Crippen molar-refractivity contribution in [3.8, 4) is 0 Å². The van der Waals surface area contributed by atoms with Crippen molar-refractivity contribution >= 4 is 29.1 Å². The topological polar surface area (TPSA) is 69.7 Å². The van der Waals surface area contributed by atoms with Crippen molar-refractivity contribution in [2.45, 2.75) is 32.7 Å². The zero-order chi connectivity index (χ0) is 22.1. The van der Waals surface area contributed by atoms with E-state index in [1.165, 1.54) is 0 Å². The number of nitrogens with zero attached hydrogens (tertiary/aromatic N) is 2. The van der Waals surface area contributed by atoms with Crippen LogP contribution in [0.4, 0.5) is 20.2 Å². The molecule has 162 valence electrons. The minimum Gasteiger partial charge on any atom is -0.352 e. The van der Waals surface area contributed by atoms with E-state index >= 15 is 0 Å². The van der Waals surface area contributed by atoms with Crippen LogP contribution in [0.3, 0.4) is 0 Å². The molecule has 1 saturated heterocycles. The first-order valence-corrected chi connectivity index (χ1v) is 10.3. The van der Waals surface area contributed by atoms with E-state index in [1.807, 2.05) is 19.1 Å². The fourth-order valence-electron chi connectivity index (χ4n) is 4.19. The Morgan fingerprint density at radius 2 is 1.87 bits per heavy atom. The molecule has 4 rings (SSSR count). The van der Waals surface area contributed by atoms with Crippen molar-refractivity contribution < 1.29 is 23.2 Å². The summed E-state index contributed by atoms with van der Waals surface area (Å²) in [7, 11) is 0. The molecule has 0 bridgehead atoms. The molecule has 0 aliphatic carbocycles. The Hall–Kier alpha value is -3.29. The number of carbonyl (C=O) groups excluding carboxylic acids is 3. The quantitative estimate of drug-likeness (QED) is 0.798. The molecule has 0 radical (unpaired) electrons. The second-order valence-corrected chi connectivity index (χ2v) is 7.86. The number of amides is 3. The second kappa shape index (κ2) is 8.45. The van der Waals surface area contributed by atoms with Crippen LogP contribution in [-0.4, -0.2) is 30.8 Å². The van der Waals surface area contributed by atoms with E-state index in [0.29, 0.717) is 24.2 Å². The van der Waals surface area contributed by atoms with E-state index in [-0.39, 0.29) is 37.2 Å². The van der Waals surface area contributed by atoms with Crippen molar-refractivity contribution in [1.82, 2.24) is 5.32 Å². The molecule has 0 spiro atoms. The zero-order valence-electron chi connectivity index (χ0n) is 17.2. The summed E-state index contributed by atoms with van der Waals surface area (Å²) in [6.07, 6.45) is 1.23. The van der Waals surface area contributed by atoms with Gasteiger partial charge in [0.25, 0.3) is 0 Å². The summed E-state index contributed by atoms with van der Waals surface area (Å²) < 4.78 is 26.6. The third-order valence-electron chi connectivity index (χ3n) is 5.76. The molecule has 1 N–H and O–H groups in total. The van der Waals surface area contributed by atoms with Crippen LogP contribution in [0.15, 0.2) is 36.4 Å². The van der Waals surface area contributed by atoms with Gasteiger partial charge in [0.2, 0.25) is 17.7 Å². The van der Waals surface area contributed by atoms with E-state index in [0.717, 1.165) is 35.9 Å². The second-order valence-electron chi connectivity index (χ2n) is 7.86. The van der Waals surface area contributed by atoms with E-state index in [1.54, 1.807) is 15.9 Å². The van der Waals surface area contributed by atoms with Gasteiger partial charge in [-0.3, -0.25) is 14.4 Å². The molecule has 8 heteroatoms. The van der Waals surface area contributed by atoms with E-state index in [4.69, 9.17) is 0 Å². The van der Waals surface area contributed by atoms with Crippen LogP contribution in [0, 0.1) is 17.6 Å². The molecule has 1 atom stereocenters. The molecule has 2 aromatic rings.